The molecule has 130 valence electrons. The average Bonchev–Trinajstić information content (AvgIpc) is 2.96. The number of thiazole rings is 1. The van der Waals surface area contributed by atoms with E-state index in [1.807, 2.05) is 0 Å². The van der Waals surface area contributed by atoms with Crippen LogP contribution in [-0.2, 0) is 12.7 Å². The largest absolute Gasteiger partial charge is 0.431 e. The van der Waals surface area contributed by atoms with E-state index in [9.17, 15) is 27.6 Å². The highest BCUT2D eigenvalue weighted by atomic mass is 32.1. The fourth-order valence-electron chi connectivity index (χ4n) is 2.30. The summed E-state index contributed by atoms with van der Waals surface area (Å²) in [7, 11) is 0. The van der Waals surface area contributed by atoms with Gasteiger partial charge >= 0.3 is 6.18 Å². The minimum atomic E-state index is -4.84. The summed E-state index contributed by atoms with van der Waals surface area (Å²) >= 11 is 1.12. The predicted molar refractivity (Wildman–Crippen MR) is 82.7 cm³/mol. The quantitative estimate of drug-likeness (QED) is 0.746. The number of nitrogens with two attached hydrogens (primary N) is 1. The minimum Gasteiger partial charge on any atom is -0.365 e. The van der Waals surface area contributed by atoms with E-state index in [2.05, 4.69) is 4.98 Å². The van der Waals surface area contributed by atoms with Crippen LogP contribution in [-0.4, -0.2) is 19.9 Å². The van der Waals surface area contributed by atoms with Crippen LogP contribution in [0.15, 0.2) is 39.4 Å². The number of rotatable bonds is 3. The summed E-state index contributed by atoms with van der Waals surface area (Å²) in [6, 6.07) is 2.36. The third-order valence-electron chi connectivity index (χ3n) is 3.41. The highest BCUT2D eigenvalue weighted by Crippen LogP contribution is 2.28. The first-order valence-corrected chi connectivity index (χ1v) is 7.63. The maximum absolute atomic E-state index is 13.2. The molecule has 7 nitrogen and oxygen atoms in total. The molecule has 2 N–H and O–H groups in total. The molecule has 0 bridgehead atoms. The Morgan fingerprint density at radius 2 is 2.00 bits per heavy atom. The summed E-state index contributed by atoms with van der Waals surface area (Å²) in [6.07, 6.45) is -3.36. The van der Waals surface area contributed by atoms with Crippen LogP contribution in [0.2, 0.25) is 0 Å². The van der Waals surface area contributed by atoms with Crippen LogP contribution in [0, 0.1) is 0 Å². The lowest BCUT2D eigenvalue weighted by atomic mass is 10.2. The molecule has 0 aliphatic heterocycles. The van der Waals surface area contributed by atoms with Crippen LogP contribution in [0.25, 0.3) is 4.96 Å². The molecule has 0 atom stereocenters. The van der Waals surface area contributed by atoms with Gasteiger partial charge in [-0.15, -0.1) is 11.3 Å². The van der Waals surface area contributed by atoms with E-state index in [1.54, 1.807) is 5.38 Å². The first kappa shape index (κ1) is 16.9. The van der Waals surface area contributed by atoms with Gasteiger partial charge in [0.2, 0.25) is 0 Å². The van der Waals surface area contributed by atoms with Crippen molar-refractivity contribution in [3.05, 3.63) is 67.4 Å². The summed E-state index contributed by atoms with van der Waals surface area (Å²) < 4.78 is 41.1. The molecule has 0 unspecified atom stereocenters. The Balaban J connectivity index is 2.20. The van der Waals surface area contributed by atoms with Crippen molar-refractivity contribution in [3.63, 3.8) is 0 Å². The van der Waals surface area contributed by atoms with E-state index in [0.717, 1.165) is 23.5 Å². The number of primary amides is 1. The number of alkyl halides is 3. The predicted octanol–water partition coefficient (Wildman–Crippen LogP) is 1.08. The van der Waals surface area contributed by atoms with E-state index >= 15 is 0 Å². The van der Waals surface area contributed by atoms with Gasteiger partial charge in [0.15, 0.2) is 4.96 Å². The lowest BCUT2D eigenvalue weighted by molar-refractivity contribution is -0.144. The van der Waals surface area contributed by atoms with E-state index in [0.29, 0.717) is 10.6 Å². The fraction of sp³-hybridized carbons (Fsp3) is 0.143. The molecule has 0 aliphatic rings. The second kappa shape index (κ2) is 5.84. The Labute approximate surface area is 140 Å². The van der Waals surface area contributed by atoms with Gasteiger partial charge in [-0.05, 0) is 12.1 Å². The smallest absolute Gasteiger partial charge is 0.365 e. The zero-order chi connectivity index (χ0) is 18.4. The van der Waals surface area contributed by atoms with E-state index in [4.69, 9.17) is 5.73 Å². The number of carbonyl (C=O) groups excluding carboxylic acids is 1. The molecule has 0 radical (unpaired) electrons. The second-order valence-corrected chi connectivity index (χ2v) is 5.90. The number of aromatic nitrogens is 3. The van der Waals surface area contributed by atoms with Crippen LogP contribution in [0.4, 0.5) is 13.2 Å². The van der Waals surface area contributed by atoms with E-state index in [-0.39, 0.29) is 10.7 Å². The number of fused-ring (bicyclic) bond motifs is 1. The molecule has 3 aromatic heterocycles. The van der Waals surface area contributed by atoms with Crippen molar-refractivity contribution in [1.82, 2.24) is 14.0 Å². The molecule has 0 spiro atoms. The van der Waals surface area contributed by atoms with Gasteiger partial charge in [0.05, 0.1) is 12.2 Å². The third kappa shape index (κ3) is 3.05. The molecule has 3 heterocycles. The normalized spacial score (nSPS) is 11.8. The van der Waals surface area contributed by atoms with E-state index in [1.165, 1.54) is 10.6 Å². The van der Waals surface area contributed by atoms with Gasteiger partial charge in [-0.25, -0.2) is 4.98 Å². The molecular formula is C14H9F3N4O3S. The minimum absolute atomic E-state index is 0.0401. The van der Waals surface area contributed by atoms with Gasteiger partial charge < -0.3 is 5.73 Å². The van der Waals surface area contributed by atoms with Gasteiger partial charge in [0, 0.05) is 17.6 Å². The van der Waals surface area contributed by atoms with Crippen molar-refractivity contribution in [3.8, 4) is 0 Å². The Hall–Kier alpha value is -2.95. The molecular weight excluding hydrogens is 361 g/mol. The Bertz CT molecular complexity index is 1100. The van der Waals surface area contributed by atoms with Gasteiger partial charge in [0.1, 0.15) is 11.3 Å². The maximum Gasteiger partial charge on any atom is 0.431 e. The number of nitrogens with zero attached hydrogens (tertiary/aromatic N) is 3. The molecule has 0 saturated heterocycles. The van der Waals surface area contributed by atoms with Gasteiger partial charge in [-0.1, -0.05) is 0 Å². The summed E-state index contributed by atoms with van der Waals surface area (Å²) in [5.41, 5.74) is 1.44. The number of pyridine rings is 1. The monoisotopic (exact) mass is 370 g/mol. The first-order valence-electron chi connectivity index (χ1n) is 6.75. The molecule has 1 amide bonds. The van der Waals surface area contributed by atoms with Crippen LogP contribution in [0.1, 0.15) is 21.7 Å². The van der Waals surface area contributed by atoms with Crippen molar-refractivity contribution in [2.45, 2.75) is 12.7 Å². The molecule has 3 rings (SSSR count). The lowest BCUT2D eigenvalue weighted by Crippen LogP contribution is -2.34. The first-order chi connectivity index (χ1) is 11.7. The van der Waals surface area contributed by atoms with Gasteiger partial charge in [-0.2, -0.15) is 13.2 Å². The molecule has 25 heavy (non-hydrogen) atoms. The molecule has 3 aromatic rings. The summed E-state index contributed by atoms with van der Waals surface area (Å²) in [4.78, 5) is 39.8. The molecule has 0 aliphatic carbocycles. The maximum atomic E-state index is 13.2. The van der Waals surface area contributed by atoms with Gasteiger partial charge in [0.25, 0.3) is 17.0 Å². The standard InChI is InChI=1S/C14H9F3N4O3S/c15-14(16,17)9-2-1-8(11(18)23)12(24)21(9)6-7-5-10(22)20-3-4-25-13(20)19-7/h1-5H,6H2,(H2,18,23). The van der Waals surface area contributed by atoms with Crippen LogP contribution in [0.5, 0.6) is 0 Å². The lowest BCUT2D eigenvalue weighted by Gasteiger charge is -2.15. The van der Waals surface area contributed by atoms with Crippen molar-refractivity contribution in [2.75, 3.05) is 0 Å². The number of amides is 1. The van der Waals surface area contributed by atoms with Crippen LogP contribution < -0.4 is 16.9 Å². The summed E-state index contributed by atoms with van der Waals surface area (Å²) in [5.74, 6) is -1.14. The van der Waals surface area contributed by atoms with Gasteiger partial charge in [-0.3, -0.25) is 23.4 Å². The number of hydrogen-bond acceptors (Lipinski definition) is 5. The highest BCUT2D eigenvalue weighted by Gasteiger charge is 2.35. The number of hydrogen-bond donors (Lipinski definition) is 1. The SMILES string of the molecule is NC(=O)c1ccc(C(F)(F)F)n(Cc2cc(=O)n3ccsc3n2)c1=O. The molecule has 0 saturated carbocycles. The topological polar surface area (TPSA) is 99.5 Å². The van der Waals surface area contributed by atoms with E-state index < -0.39 is 41.0 Å². The molecule has 11 heteroatoms. The van der Waals surface area contributed by atoms with Crippen molar-refractivity contribution >= 4 is 22.2 Å². The van der Waals surface area contributed by atoms with Crippen molar-refractivity contribution in [1.29, 1.82) is 0 Å². The van der Waals surface area contributed by atoms with Crippen LogP contribution >= 0.6 is 11.3 Å². The molecule has 0 aromatic carbocycles. The second-order valence-electron chi connectivity index (χ2n) is 5.03. The van der Waals surface area contributed by atoms with Crippen LogP contribution in [0.3, 0.4) is 0 Å². The van der Waals surface area contributed by atoms with Crippen molar-refractivity contribution < 1.29 is 18.0 Å². The third-order valence-corrected chi connectivity index (χ3v) is 4.16. The summed E-state index contributed by atoms with van der Waals surface area (Å²) in [6.45, 7) is -0.627. The number of halogens is 3. The zero-order valence-electron chi connectivity index (χ0n) is 12.3. The Morgan fingerprint density at radius 3 is 2.64 bits per heavy atom. The highest BCUT2D eigenvalue weighted by molar-refractivity contribution is 7.15. The fourth-order valence-corrected chi connectivity index (χ4v) is 3.04. The van der Waals surface area contributed by atoms with Crippen molar-refractivity contribution in [2.24, 2.45) is 5.73 Å². The average molecular weight is 370 g/mol. The Kier molecular flexibility index (Phi) is 3.95. The number of carbonyl (C=O) groups is 1. The Morgan fingerprint density at radius 1 is 1.28 bits per heavy atom. The zero-order valence-corrected chi connectivity index (χ0v) is 13.1. The molecule has 0 fully saturated rings. The summed E-state index contributed by atoms with van der Waals surface area (Å²) in [5, 5.41) is 1.59.